The van der Waals surface area contributed by atoms with Crippen molar-refractivity contribution in [2.45, 2.75) is 32.6 Å². The van der Waals surface area contributed by atoms with E-state index in [0.29, 0.717) is 5.11 Å². The molecule has 0 atom stereocenters. The lowest BCUT2D eigenvalue weighted by Crippen LogP contribution is -2.10. The van der Waals surface area contributed by atoms with E-state index in [-0.39, 0.29) is 12.4 Å². The molecule has 1 heterocycles. The molecular weight excluding hydrogens is 218 g/mol. The topological polar surface area (TPSA) is 50.7 Å². The molecule has 0 saturated heterocycles. The van der Waals surface area contributed by atoms with Crippen LogP contribution < -0.4 is 5.73 Å². The monoisotopic (exact) mass is 233 g/mol. The normalized spacial score (nSPS) is 14.9. The lowest BCUT2D eigenvalue weighted by Gasteiger charge is -2.00. The average molecular weight is 234 g/mol. The minimum absolute atomic E-state index is 0. The average Bonchev–Trinajstić information content (AvgIpc) is 2.47. The van der Waals surface area contributed by atoms with Crippen molar-refractivity contribution in [2.75, 3.05) is 6.54 Å². The van der Waals surface area contributed by atoms with E-state index in [4.69, 9.17) is 18.0 Å². The van der Waals surface area contributed by atoms with Gasteiger partial charge in [-0.3, -0.25) is 0 Å². The summed E-state index contributed by atoms with van der Waals surface area (Å²) in [6.07, 6.45) is 4.01. The molecular formula is C9H16ClN3S. The molecule has 1 aliphatic heterocycles. The second kappa shape index (κ2) is 7.04. The van der Waals surface area contributed by atoms with Crippen molar-refractivity contribution in [1.82, 2.24) is 0 Å². The first-order chi connectivity index (χ1) is 6.27. The molecule has 0 aromatic carbocycles. The van der Waals surface area contributed by atoms with Gasteiger partial charge in [-0.2, -0.15) is 0 Å². The van der Waals surface area contributed by atoms with Gasteiger partial charge in [0, 0.05) is 0 Å². The highest BCUT2D eigenvalue weighted by Gasteiger charge is 2.14. The predicted octanol–water partition coefficient (Wildman–Crippen LogP) is 2.13. The first kappa shape index (κ1) is 13.7. The SMILES string of the molecule is CCC1=NC(=S)N=C1CCCCN.Cl. The van der Waals surface area contributed by atoms with E-state index in [0.717, 1.165) is 43.7 Å². The van der Waals surface area contributed by atoms with Crippen molar-refractivity contribution in [2.24, 2.45) is 15.7 Å². The van der Waals surface area contributed by atoms with Gasteiger partial charge in [-0.1, -0.05) is 6.92 Å². The summed E-state index contributed by atoms with van der Waals surface area (Å²) in [5.74, 6) is 0. The lowest BCUT2D eigenvalue weighted by atomic mass is 10.1. The zero-order valence-electron chi connectivity index (χ0n) is 8.32. The van der Waals surface area contributed by atoms with Crippen LogP contribution in [0.25, 0.3) is 0 Å². The third-order valence-electron chi connectivity index (χ3n) is 2.00. The zero-order valence-corrected chi connectivity index (χ0v) is 9.96. The standard InChI is InChI=1S/C9H15N3S.ClH/c1-2-7-8(5-3-4-6-10)12-9(13)11-7;/h2-6,10H2,1H3;1H. The van der Waals surface area contributed by atoms with Crippen molar-refractivity contribution >= 4 is 41.2 Å². The van der Waals surface area contributed by atoms with Crippen LogP contribution >= 0.6 is 24.6 Å². The number of rotatable bonds is 5. The highest BCUT2D eigenvalue weighted by Crippen LogP contribution is 2.09. The van der Waals surface area contributed by atoms with Gasteiger partial charge >= 0.3 is 0 Å². The Balaban J connectivity index is 0.00000169. The Hall–Kier alpha value is -0.320. The van der Waals surface area contributed by atoms with Gasteiger partial charge in [-0.25, -0.2) is 9.98 Å². The number of hydrogen-bond acceptors (Lipinski definition) is 2. The number of nitrogens with two attached hydrogens (primary N) is 1. The molecule has 0 fully saturated rings. The molecule has 1 aliphatic rings. The van der Waals surface area contributed by atoms with Gasteiger partial charge in [0.25, 0.3) is 0 Å². The van der Waals surface area contributed by atoms with Gasteiger partial charge < -0.3 is 5.73 Å². The van der Waals surface area contributed by atoms with Gasteiger partial charge in [0.2, 0.25) is 5.11 Å². The van der Waals surface area contributed by atoms with Crippen molar-refractivity contribution in [1.29, 1.82) is 0 Å². The molecule has 14 heavy (non-hydrogen) atoms. The Kier molecular flexibility index (Phi) is 6.87. The molecule has 0 spiro atoms. The Morgan fingerprint density at radius 2 is 1.86 bits per heavy atom. The maximum atomic E-state index is 5.41. The summed E-state index contributed by atoms with van der Waals surface area (Å²) in [5, 5.41) is 0.486. The maximum Gasteiger partial charge on any atom is 0.219 e. The van der Waals surface area contributed by atoms with Crippen molar-refractivity contribution in [3.8, 4) is 0 Å². The number of unbranched alkanes of at least 4 members (excludes halogenated alkanes) is 1. The summed E-state index contributed by atoms with van der Waals surface area (Å²) in [6, 6.07) is 0. The van der Waals surface area contributed by atoms with Gasteiger partial charge in [0.15, 0.2) is 0 Å². The van der Waals surface area contributed by atoms with Crippen LogP contribution in [0.2, 0.25) is 0 Å². The molecule has 2 N–H and O–H groups in total. The Morgan fingerprint density at radius 1 is 1.21 bits per heavy atom. The Morgan fingerprint density at radius 3 is 2.43 bits per heavy atom. The summed E-state index contributed by atoms with van der Waals surface area (Å²) in [6.45, 7) is 2.82. The largest absolute Gasteiger partial charge is 0.330 e. The van der Waals surface area contributed by atoms with Crippen molar-refractivity contribution in [3.63, 3.8) is 0 Å². The van der Waals surface area contributed by atoms with E-state index < -0.39 is 0 Å². The van der Waals surface area contributed by atoms with E-state index in [1.165, 1.54) is 0 Å². The van der Waals surface area contributed by atoms with Crippen LogP contribution in [0.4, 0.5) is 0 Å². The van der Waals surface area contributed by atoms with Crippen LogP contribution in [0.15, 0.2) is 9.98 Å². The first-order valence-electron chi connectivity index (χ1n) is 4.67. The zero-order chi connectivity index (χ0) is 9.68. The smallest absolute Gasteiger partial charge is 0.219 e. The molecule has 0 amide bonds. The first-order valence-corrected chi connectivity index (χ1v) is 5.08. The molecule has 1 rings (SSSR count). The number of thiocarbonyl (C=S) groups is 1. The minimum Gasteiger partial charge on any atom is -0.330 e. The van der Waals surface area contributed by atoms with Crippen LogP contribution in [0, 0.1) is 0 Å². The lowest BCUT2D eigenvalue weighted by molar-refractivity contribution is 0.775. The predicted molar refractivity (Wildman–Crippen MR) is 67.9 cm³/mol. The van der Waals surface area contributed by atoms with Crippen LogP contribution in [0.5, 0.6) is 0 Å². The summed E-state index contributed by atoms with van der Waals surface area (Å²) in [7, 11) is 0. The number of aliphatic imine (C=N–C) groups is 2. The quantitative estimate of drug-likeness (QED) is 0.584. The Labute approximate surface area is 96.3 Å². The maximum absolute atomic E-state index is 5.41. The van der Waals surface area contributed by atoms with Crippen LogP contribution in [-0.4, -0.2) is 23.1 Å². The third kappa shape index (κ3) is 3.82. The number of hydrogen-bond donors (Lipinski definition) is 1. The minimum atomic E-state index is 0. The molecule has 0 aromatic rings. The molecule has 3 nitrogen and oxygen atoms in total. The van der Waals surface area contributed by atoms with Gasteiger partial charge in [-0.15, -0.1) is 12.4 Å². The highest BCUT2D eigenvalue weighted by molar-refractivity contribution is 7.80. The van der Waals surface area contributed by atoms with E-state index in [1.807, 2.05) is 0 Å². The molecule has 5 heteroatoms. The summed E-state index contributed by atoms with van der Waals surface area (Å²) < 4.78 is 0. The van der Waals surface area contributed by atoms with E-state index >= 15 is 0 Å². The van der Waals surface area contributed by atoms with Gasteiger partial charge in [0.05, 0.1) is 11.4 Å². The van der Waals surface area contributed by atoms with Crippen molar-refractivity contribution in [3.05, 3.63) is 0 Å². The molecule has 0 radical (unpaired) electrons. The molecule has 0 unspecified atom stereocenters. The third-order valence-corrected chi connectivity index (χ3v) is 2.18. The Bertz CT molecular complexity index is 261. The summed E-state index contributed by atoms with van der Waals surface area (Å²) in [4.78, 5) is 8.40. The summed E-state index contributed by atoms with van der Waals surface area (Å²) in [5.41, 5.74) is 7.54. The molecule has 80 valence electrons. The molecule has 0 aromatic heterocycles. The molecule has 0 aliphatic carbocycles. The van der Waals surface area contributed by atoms with Crippen molar-refractivity contribution < 1.29 is 0 Å². The molecule has 0 saturated carbocycles. The fourth-order valence-electron chi connectivity index (χ4n) is 1.31. The second-order valence-electron chi connectivity index (χ2n) is 3.00. The van der Waals surface area contributed by atoms with Gasteiger partial charge in [0.1, 0.15) is 0 Å². The number of halogens is 1. The highest BCUT2D eigenvalue weighted by atomic mass is 35.5. The summed E-state index contributed by atoms with van der Waals surface area (Å²) >= 11 is 4.92. The number of nitrogens with zero attached hydrogens (tertiary/aromatic N) is 2. The van der Waals surface area contributed by atoms with Crippen LogP contribution in [-0.2, 0) is 0 Å². The molecule has 0 bridgehead atoms. The van der Waals surface area contributed by atoms with Crippen LogP contribution in [0.1, 0.15) is 32.6 Å². The van der Waals surface area contributed by atoms with E-state index in [1.54, 1.807) is 0 Å². The van der Waals surface area contributed by atoms with Crippen LogP contribution in [0.3, 0.4) is 0 Å². The fourth-order valence-corrected chi connectivity index (χ4v) is 1.53. The fraction of sp³-hybridized carbons (Fsp3) is 0.667. The van der Waals surface area contributed by atoms with Gasteiger partial charge in [-0.05, 0) is 44.4 Å². The van der Waals surface area contributed by atoms with E-state index in [9.17, 15) is 0 Å². The second-order valence-corrected chi connectivity index (χ2v) is 3.36. The van der Waals surface area contributed by atoms with E-state index in [2.05, 4.69) is 16.9 Å².